The molecule has 27 heavy (non-hydrogen) atoms. The third-order valence-corrected chi connectivity index (χ3v) is 6.54. The molecular weight excluding hydrogens is 344 g/mol. The summed E-state index contributed by atoms with van der Waals surface area (Å²) in [6.45, 7) is 2.56. The Morgan fingerprint density at radius 2 is 1.30 bits per heavy atom. The Balaban J connectivity index is 1.47. The molecule has 0 unspecified atom stereocenters. The Kier molecular flexibility index (Phi) is 5.08. The van der Waals surface area contributed by atoms with Gasteiger partial charge in [-0.15, -0.1) is 0 Å². The van der Waals surface area contributed by atoms with Crippen LogP contribution in [0.5, 0.6) is 0 Å². The summed E-state index contributed by atoms with van der Waals surface area (Å²) in [6.07, 6.45) is 11.0. The Morgan fingerprint density at radius 1 is 0.815 bits per heavy atom. The predicted octanol–water partition coefficient (Wildman–Crippen LogP) is 3.56. The van der Waals surface area contributed by atoms with Gasteiger partial charge in [0.05, 0.1) is 36.9 Å². The molecular formula is C21H30N2O4. The first-order valence-electron chi connectivity index (χ1n) is 10.6. The number of aliphatic imine (C=N–C) groups is 2. The number of rotatable bonds is 3. The van der Waals surface area contributed by atoms with Crippen molar-refractivity contribution in [1.29, 1.82) is 0 Å². The van der Waals surface area contributed by atoms with Crippen molar-refractivity contribution in [2.45, 2.75) is 101 Å². The summed E-state index contributed by atoms with van der Waals surface area (Å²) < 4.78 is 11.4. The monoisotopic (exact) mass is 374 g/mol. The minimum absolute atomic E-state index is 0.0304. The quantitative estimate of drug-likeness (QED) is 0.708. The lowest BCUT2D eigenvalue weighted by atomic mass is 9.81. The molecule has 2 saturated carbocycles. The van der Waals surface area contributed by atoms with Crippen LogP contribution in [0.25, 0.3) is 0 Å². The van der Waals surface area contributed by atoms with E-state index in [0.29, 0.717) is 19.4 Å². The maximum Gasteiger partial charge on any atom is 0.312 e. The van der Waals surface area contributed by atoms with E-state index in [1.807, 2.05) is 6.92 Å². The summed E-state index contributed by atoms with van der Waals surface area (Å²) >= 11 is 0. The molecule has 2 saturated heterocycles. The molecule has 2 aliphatic carbocycles. The van der Waals surface area contributed by atoms with Crippen LogP contribution in [0.2, 0.25) is 0 Å². The van der Waals surface area contributed by atoms with Crippen molar-refractivity contribution >= 4 is 23.4 Å². The summed E-state index contributed by atoms with van der Waals surface area (Å²) in [4.78, 5) is 33.5. The highest BCUT2D eigenvalue weighted by atomic mass is 16.6. The Hall–Kier alpha value is -1.72. The van der Waals surface area contributed by atoms with Crippen LogP contribution in [-0.2, 0) is 19.1 Å². The molecule has 4 fully saturated rings. The zero-order chi connectivity index (χ0) is 18.9. The van der Waals surface area contributed by atoms with Crippen LogP contribution in [0.1, 0.15) is 84.0 Å². The summed E-state index contributed by atoms with van der Waals surface area (Å²) in [5.74, 6) is -0.296. The van der Waals surface area contributed by atoms with Crippen molar-refractivity contribution in [2.24, 2.45) is 9.98 Å². The highest BCUT2D eigenvalue weighted by molar-refractivity contribution is 6.10. The first kappa shape index (κ1) is 18.6. The molecule has 2 aliphatic heterocycles. The highest BCUT2D eigenvalue weighted by Crippen LogP contribution is 2.39. The SMILES string of the molecule is C[C@@H](CN=C1CC(=O)OC12CCCCC2)N=C1CC(=O)OC12CCCCC2. The van der Waals surface area contributed by atoms with Crippen molar-refractivity contribution in [2.75, 3.05) is 6.54 Å². The standard InChI is InChI=1S/C21H30N2O4/c1-15(23-17-13-19(25)27-21(17)10-6-3-7-11-21)14-22-16-12-18(24)26-20(16)8-4-2-5-9-20/h15H,2-14H2,1H3/t15-/m0/s1. The second kappa shape index (κ2) is 7.36. The van der Waals surface area contributed by atoms with Crippen molar-refractivity contribution in [3.63, 3.8) is 0 Å². The van der Waals surface area contributed by atoms with Gasteiger partial charge in [0.25, 0.3) is 0 Å². The van der Waals surface area contributed by atoms with Gasteiger partial charge in [-0.1, -0.05) is 12.8 Å². The van der Waals surface area contributed by atoms with Crippen LogP contribution < -0.4 is 0 Å². The zero-order valence-corrected chi connectivity index (χ0v) is 16.3. The van der Waals surface area contributed by atoms with E-state index in [1.165, 1.54) is 12.8 Å². The van der Waals surface area contributed by atoms with Crippen molar-refractivity contribution in [3.8, 4) is 0 Å². The van der Waals surface area contributed by atoms with Crippen LogP contribution in [-0.4, -0.2) is 47.2 Å². The average Bonchev–Trinajstić information content (AvgIpc) is 3.10. The lowest BCUT2D eigenvalue weighted by Crippen LogP contribution is -2.39. The fourth-order valence-electron chi connectivity index (χ4n) is 5.16. The normalized spacial score (nSPS) is 30.9. The van der Waals surface area contributed by atoms with Gasteiger partial charge in [-0.05, 0) is 58.3 Å². The summed E-state index contributed by atoms with van der Waals surface area (Å²) in [5.41, 5.74) is 0.920. The molecule has 2 heterocycles. The zero-order valence-electron chi connectivity index (χ0n) is 16.3. The Bertz CT molecular complexity index is 670. The van der Waals surface area contributed by atoms with E-state index < -0.39 is 11.2 Å². The molecule has 6 nitrogen and oxygen atoms in total. The largest absolute Gasteiger partial charge is 0.453 e. The lowest BCUT2D eigenvalue weighted by Gasteiger charge is -2.33. The molecule has 4 aliphatic rings. The van der Waals surface area contributed by atoms with Gasteiger partial charge in [-0.25, -0.2) is 0 Å². The summed E-state index contributed by atoms with van der Waals surface area (Å²) in [7, 11) is 0. The molecule has 6 heteroatoms. The first-order valence-corrected chi connectivity index (χ1v) is 10.6. The number of carbonyl (C=O) groups excluding carboxylic acids is 2. The van der Waals surface area contributed by atoms with E-state index in [4.69, 9.17) is 19.5 Å². The van der Waals surface area contributed by atoms with E-state index in [-0.39, 0.29) is 18.0 Å². The molecule has 0 bridgehead atoms. The third-order valence-electron chi connectivity index (χ3n) is 6.54. The first-order chi connectivity index (χ1) is 13.0. The summed E-state index contributed by atoms with van der Waals surface area (Å²) in [5, 5.41) is 0. The van der Waals surface area contributed by atoms with Gasteiger partial charge in [0.2, 0.25) is 0 Å². The highest BCUT2D eigenvalue weighted by Gasteiger charge is 2.48. The van der Waals surface area contributed by atoms with E-state index >= 15 is 0 Å². The number of esters is 2. The summed E-state index contributed by atoms with van der Waals surface area (Å²) in [6, 6.07) is -0.0304. The molecule has 0 aromatic carbocycles. The third kappa shape index (κ3) is 3.67. The maximum absolute atomic E-state index is 11.9. The molecule has 4 rings (SSSR count). The van der Waals surface area contributed by atoms with Crippen molar-refractivity contribution in [1.82, 2.24) is 0 Å². The fraction of sp³-hybridized carbons (Fsp3) is 0.810. The van der Waals surface area contributed by atoms with Crippen LogP contribution in [0.3, 0.4) is 0 Å². The van der Waals surface area contributed by atoms with Crippen LogP contribution in [0.15, 0.2) is 9.98 Å². The van der Waals surface area contributed by atoms with E-state index in [2.05, 4.69) is 0 Å². The van der Waals surface area contributed by atoms with E-state index in [1.54, 1.807) is 0 Å². The van der Waals surface area contributed by atoms with Gasteiger partial charge >= 0.3 is 11.9 Å². The van der Waals surface area contributed by atoms with Crippen molar-refractivity contribution in [3.05, 3.63) is 0 Å². The number of carbonyl (C=O) groups is 2. The topological polar surface area (TPSA) is 77.3 Å². The Morgan fingerprint density at radius 3 is 1.85 bits per heavy atom. The smallest absolute Gasteiger partial charge is 0.312 e. The predicted molar refractivity (Wildman–Crippen MR) is 102 cm³/mol. The molecule has 1 atom stereocenters. The lowest BCUT2D eigenvalue weighted by molar-refractivity contribution is -0.149. The van der Waals surface area contributed by atoms with E-state index in [0.717, 1.165) is 62.8 Å². The van der Waals surface area contributed by atoms with Gasteiger partial charge in [0, 0.05) is 0 Å². The van der Waals surface area contributed by atoms with Crippen LogP contribution in [0.4, 0.5) is 0 Å². The average molecular weight is 374 g/mol. The minimum Gasteiger partial charge on any atom is -0.453 e. The van der Waals surface area contributed by atoms with Crippen molar-refractivity contribution < 1.29 is 19.1 Å². The molecule has 148 valence electrons. The molecule has 0 aromatic rings. The molecule has 0 radical (unpaired) electrons. The minimum atomic E-state index is -0.451. The molecule has 0 aromatic heterocycles. The van der Waals surface area contributed by atoms with Gasteiger partial charge < -0.3 is 9.47 Å². The van der Waals surface area contributed by atoms with E-state index in [9.17, 15) is 9.59 Å². The number of hydrogen-bond acceptors (Lipinski definition) is 6. The van der Waals surface area contributed by atoms with Gasteiger partial charge in [0.15, 0.2) is 11.2 Å². The Labute approximate surface area is 160 Å². The van der Waals surface area contributed by atoms with Crippen LogP contribution >= 0.6 is 0 Å². The second-order valence-electron chi connectivity index (χ2n) is 8.62. The van der Waals surface area contributed by atoms with Gasteiger partial charge in [-0.3, -0.25) is 19.6 Å². The fourth-order valence-corrected chi connectivity index (χ4v) is 5.16. The molecule has 0 N–H and O–H groups in total. The number of hydrogen-bond donors (Lipinski definition) is 0. The number of ether oxygens (including phenoxy) is 2. The maximum atomic E-state index is 11.9. The van der Waals surface area contributed by atoms with Gasteiger partial charge in [-0.2, -0.15) is 0 Å². The van der Waals surface area contributed by atoms with Crippen LogP contribution in [0, 0.1) is 0 Å². The van der Waals surface area contributed by atoms with Gasteiger partial charge in [0.1, 0.15) is 0 Å². The molecule has 0 amide bonds. The number of nitrogens with zero attached hydrogens (tertiary/aromatic N) is 2. The molecule has 2 spiro atoms. The second-order valence-corrected chi connectivity index (χ2v) is 8.62.